The maximum atomic E-state index is 14.0. The van der Waals surface area contributed by atoms with Gasteiger partial charge in [-0.05, 0) is 84.1 Å². The predicted molar refractivity (Wildman–Crippen MR) is 135 cm³/mol. The Morgan fingerprint density at radius 2 is 1.75 bits per heavy atom. The van der Waals surface area contributed by atoms with Gasteiger partial charge in [-0.1, -0.05) is 13.0 Å². The number of phenolic OH excluding ortho intramolecular Hbond substituents is 1. The van der Waals surface area contributed by atoms with Gasteiger partial charge in [0, 0.05) is 11.6 Å². The summed E-state index contributed by atoms with van der Waals surface area (Å²) in [5, 5.41) is 15.5. The number of hydrogen-bond acceptors (Lipinski definition) is 6. The van der Waals surface area contributed by atoms with Crippen molar-refractivity contribution in [3.63, 3.8) is 0 Å². The highest BCUT2D eigenvalue weighted by Crippen LogP contribution is 2.41. The molecule has 2 rings (SSSR count). The minimum atomic E-state index is -1.33. The number of hydrogen-bond donors (Lipinski definition) is 4. The molecule has 4 amide bonds. The lowest BCUT2D eigenvalue weighted by Gasteiger charge is -2.36. The molecule has 0 aliphatic heterocycles. The Morgan fingerprint density at radius 1 is 1.17 bits per heavy atom. The van der Waals surface area contributed by atoms with Crippen LogP contribution < -0.4 is 16.4 Å². The monoisotopic (exact) mass is 504 g/mol. The van der Waals surface area contributed by atoms with Crippen LogP contribution in [0.4, 0.5) is 4.79 Å². The summed E-state index contributed by atoms with van der Waals surface area (Å²) in [6.45, 7) is 14.2. The minimum Gasteiger partial charge on any atom is -0.508 e. The molecule has 1 aliphatic carbocycles. The Bertz CT molecular complexity index is 1010. The van der Waals surface area contributed by atoms with Gasteiger partial charge in [0.1, 0.15) is 23.4 Å². The van der Waals surface area contributed by atoms with Gasteiger partial charge in [-0.3, -0.25) is 14.4 Å². The second-order valence-corrected chi connectivity index (χ2v) is 11.6. The van der Waals surface area contributed by atoms with Crippen LogP contribution in [-0.2, 0) is 19.1 Å². The van der Waals surface area contributed by atoms with Crippen molar-refractivity contribution in [3.05, 3.63) is 29.3 Å². The van der Waals surface area contributed by atoms with Gasteiger partial charge < -0.3 is 31.1 Å². The van der Waals surface area contributed by atoms with Crippen molar-refractivity contribution >= 4 is 23.8 Å². The summed E-state index contributed by atoms with van der Waals surface area (Å²) in [4.78, 5) is 53.4. The lowest BCUT2D eigenvalue weighted by atomic mass is 9.98. The van der Waals surface area contributed by atoms with E-state index < -0.39 is 53.5 Å². The molecule has 0 aromatic heterocycles. The van der Waals surface area contributed by atoms with Gasteiger partial charge in [-0.15, -0.1) is 0 Å². The van der Waals surface area contributed by atoms with E-state index in [1.54, 1.807) is 39.8 Å². The van der Waals surface area contributed by atoms with Crippen LogP contribution in [0.25, 0.3) is 0 Å². The van der Waals surface area contributed by atoms with Crippen molar-refractivity contribution in [1.29, 1.82) is 0 Å². The van der Waals surface area contributed by atoms with E-state index in [4.69, 9.17) is 10.5 Å². The second kappa shape index (κ2) is 10.8. The number of aromatic hydroxyl groups is 1. The van der Waals surface area contributed by atoms with Gasteiger partial charge in [-0.25, -0.2) is 4.79 Å². The van der Waals surface area contributed by atoms with Crippen molar-refractivity contribution < 1.29 is 29.0 Å². The van der Waals surface area contributed by atoms with Crippen molar-refractivity contribution in [1.82, 2.24) is 15.5 Å². The highest BCUT2D eigenvalue weighted by Gasteiger charge is 2.48. The highest BCUT2D eigenvalue weighted by atomic mass is 16.6. The molecule has 10 heteroatoms. The maximum Gasteiger partial charge on any atom is 0.408 e. The van der Waals surface area contributed by atoms with Crippen LogP contribution in [-0.4, -0.2) is 57.0 Å². The summed E-state index contributed by atoms with van der Waals surface area (Å²) in [6.07, 6.45) is -0.683. The smallest absolute Gasteiger partial charge is 0.408 e. The molecule has 0 bridgehead atoms. The largest absolute Gasteiger partial charge is 0.508 e. The Balaban J connectivity index is 2.55. The molecule has 0 radical (unpaired) electrons. The summed E-state index contributed by atoms with van der Waals surface area (Å²) < 4.78 is 5.28. The number of aryl methyl sites for hydroxylation is 1. The van der Waals surface area contributed by atoms with Gasteiger partial charge in [0.15, 0.2) is 0 Å². The quantitative estimate of drug-likeness (QED) is 0.427. The molecule has 1 saturated carbocycles. The number of amides is 4. The van der Waals surface area contributed by atoms with Gasteiger partial charge in [0.2, 0.25) is 17.7 Å². The van der Waals surface area contributed by atoms with E-state index in [-0.39, 0.29) is 17.7 Å². The van der Waals surface area contributed by atoms with Crippen LogP contribution in [0, 0.1) is 12.8 Å². The predicted octanol–water partition coefficient (Wildman–Crippen LogP) is 2.66. The number of benzene rings is 1. The van der Waals surface area contributed by atoms with E-state index in [1.165, 1.54) is 11.0 Å². The third-order valence-electron chi connectivity index (χ3n) is 5.63. The third kappa shape index (κ3) is 8.13. The maximum absolute atomic E-state index is 14.0. The first-order valence-corrected chi connectivity index (χ1v) is 12.1. The standard InChI is InChI=1S/C26H40N4O6/c1-14-12-18(14)30(23(34)17(13-20(27)32)28-24(35)36-26(6,7)8)21(22(33)29-25(3,4)5)16-9-10-19(31)15(2)11-16/h9-11,14,17-18,21,31H,12-13H2,1-8H3,(H2,27,32)(H,28,35)(H,29,33). The van der Waals surface area contributed by atoms with E-state index in [2.05, 4.69) is 10.6 Å². The molecule has 4 atom stereocenters. The highest BCUT2D eigenvalue weighted by molar-refractivity contribution is 5.95. The van der Waals surface area contributed by atoms with Crippen molar-refractivity contribution in [3.8, 4) is 5.75 Å². The zero-order chi connectivity index (χ0) is 27.6. The van der Waals surface area contributed by atoms with Crippen LogP contribution in [0.5, 0.6) is 5.75 Å². The first-order valence-electron chi connectivity index (χ1n) is 12.1. The van der Waals surface area contributed by atoms with E-state index in [9.17, 15) is 24.3 Å². The number of carbonyl (C=O) groups excluding carboxylic acids is 4. The average Bonchev–Trinajstić information content (AvgIpc) is 3.40. The van der Waals surface area contributed by atoms with Crippen molar-refractivity contribution in [2.75, 3.05) is 0 Å². The SMILES string of the molecule is Cc1cc(C(C(=O)NC(C)(C)C)N(C(=O)C(CC(N)=O)NC(=O)OC(C)(C)C)C2CC2C)ccc1O. The number of nitrogens with zero attached hydrogens (tertiary/aromatic N) is 1. The van der Waals surface area contributed by atoms with E-state index >= 15 is 0 Å². The lowest BCUT2D eigenvalue weighted by molar-refractivity contribution is -0.144. The summed E-state index contributed by atoms with van der Waals surface area (Å²) >= 11 is 0. The summed E-state index contributed by atoms with van der Waals surface area (Å²) in [6, 6.07) is 2.03. The second-order valence-electron chi connectivity index (χ2n) is 11.6. The van der Waals surface area contributed by atoms with Crippen molar-refractivity contribution in [2.45, 2.75) is 97.5 Å². The molecule has 0 saturated heterocycles. The third-order valence-corrected chi connectivity index (χ3v) is 5.63. The number of nitrogens with one attached hydrogen (secondary N) is 2. The molecular weight excluding hydrogens is 464 g/mol. The Labute approximate surface area is 212 Å². The van der Waals surface area contributed by atoms with Gasteiger partial charge in [0.25, 0.3) is 0 Å². The number of ether oxygens (including phenoxy) is 1. The van der Waals surface area contributed by atoms with E-state index in [1.807, 2.05) is 27.7 Å². The summed E-state index contributed by atoms with van der Waals surface area (Å²) in [5.41, 5.74) is 5.03. The summed E-state index contributed by atoms with van der Waals surface area (Å²) in [5.74, 6) is -1.66. The van der Waals surface area contributed by atoms with E-state index in [0.29, 0.717) is 17.5 Å². The molecule has 1 aromatic rings. The Hall–Kier alpha value is -3.30. The van der Waals surface area contributed by atoms with Gasteiger partial charge >= 0.3 is 6.09 Å². The van der Waals surface area contributed by atoms with E-state index in [0.717, 1.165) is 0 Å². The van der Waals surface area contributed by atoms with Crippen LogP contribution in [0.1, 0.15) is 78.5 Å². The van der Waals surface area contributed by atoms with Gasteiger partial charge in [-0.2, -0.15) is 0 Å². The molecule has 5 N–H and O–H groups in total. The van der Waals surface area contributed by atoms with Gasteiger partial charge in [0.05, 0.1) is 6.42 Å². The molecule has 1 aromatic carbocycles. The molecule has 36 heavy (non-hydrogen) atoms. The molecule has 10 nitrogen and oxygen atoms in total. The minimum absolute atomic E-state index is 0.0598. The fraction of sp³-hybridized carbons (Fsp3) is 0.615. The fourth-order valence-corrected chi connectivity index (χ4v) is 3.93. The average molecular weight is 505 g/mol. The normalized spacial score (nSPS) is 19.0. The summed E-state index contributed by atoms with van der Waals surface area (Å²) in [7, 11) is 0. The molecule has 1 aliphatic rings. The number of rotatable bonds is 8. The number of nitrogens with two attached hydrogens (primary N) is 1. The number of alkyl carbamates (subject to hydrolysis) is 1. The first kappa shape index (κ1) is 28.9. The lowest BCUT2D eigenvalue weighted by Crippen LogP contribution is -2.56. The molecular formula is C26H40N4O6. The molecule has 0 spiro atoms. The number of primary amides is 1. The van der Waals surface area contributed by atoms with Crippen LogP contribution in [0.2, 0.25) is 0 Å². The Morgan fingerprint density at radius 3 is 2.19 bits per heavy atom. The molecule has 0 heterocycles. The zero-order valence-corrected chi connectivity index (χ0v) is 22.5. The Kier molecular flexibility index (Phi) is 8.65. The number of phenols is 1. The topological polar surface area (TPSA) is 151 Å². The zero-order valence-electron chi connectivity index (χ0n) is 22.5. The first-order chi connectivity index (χ1) is 16.4. The van der Waals surface area contributed by atoms with Crippen LogP contribution in [0.3, 0.4) is 0 Å². The van der Waals surface area contributed by atoms with Crippen LogP contribution in [0.15, 0.2) is 18.2 Å². The molecule has 200 valence electrons. The molecule has 1 fully saturated rings. The van der Waals surface area contributed by atoms with Crippen molar-refractivity contribution in [2.24, 2.45) is 11.7 Å². The number of carbonyl (C=O) groups is 4. The fourth-order valence-electron chi connectivity index (χ4n) is 3.93. The molecule has 4 unspecified atom stereocenters. The van der Waals surface area contributed by atoms with Crippen LogP contribution >= 0.6 is 0 Å².